The summed E-state index contributed by atoms with van der Waals surface area (Å²) in [5.41, 5.74) is 5.63. The first kappa shape index (κ1) is 21.1. The van der Waals surface area contributed by atoms with Gasteiger partial charge in [-0.1, -0.05) is 54.1 Å². The van der Waals surface area contributed by atoms with E-state index in [1.807, 2.05) is 56.3 Å². The zero-order chi connectivity index (χ0) is 22.5. The molecule has 5 rings (SSSR count). The van der Waals surface area contributed by atoms with Gasteiger partial charge in [-0.3, -0.25) is 4.72 Å². The van der Waals surface area contributed by atoms with E-state index in [0.717, 1.165) is 33.8 Å². The van der Waals surface area contributed by atoms with Crippen molar-refractivity contribution >= 4 is 33.0 Å². The molecule has 4 nitrogen and oxygen atoms in total. The molecule has 0 unspecified atom stereocenters. The number of anilines is 2. The second kappa shape index (κ2) is 7.98. The molecule has 3 atom stereocenters. The van der Waals surface area contributed by atoms with Crippen LogP contribution in [0, 0.1) is 19.8 Å². The Kier molecular flexibility index (Phi) is 5.26. The van der Waals surface area contributed by atoms with Crippen molar-refractivity contribution < 1.29 is 8.42 Å². The maximum atomic E-state index is 13.2. The maximum absolute atomic E-state index is 13.2. The summed E-state index contributed by atoms with van der Waals surface area (Å²) in [5, 5.41) is 4.37. The van der Waals surface area contributed by atoms with Crippen molar-refractivity contribution in [2.24, 2.45) is 5.92 Å². The number of hydrogen-bond donors (Lipinski definition) is 2. The molecule has 0 aromatic heterocycles. The number of benzene rings is 3. The lowest BCUT2D eigenvalue weighted by Crippen LogP contribution is -2.29. The van der Waals surface area contributed by atoms with Gasteiger partial charge in [0.05, 0.1) is 16.6 Å². The minimum absolute atomic E-state index is 0.148. The van der Waals surface area contributed by atoms with Gasteiger partial charge in [0.2, 0.25) is 0 Å². The highest BCUT2D eigenvalue weighted by atomic mass is 35.5. The molecule has 6 heteroatoms. The summed E-state index contributed by atoms with van der Waals surface area (Å²) >= 11 is 6.08. The fourth-order valence-corrected chi connectivity index (χ4v) is 6.27. The first-order chi connectivity index (χ1) is 15.3. The second-order valence-corrected chi connectivity index (χ2v) is 10.8. The molecule has 0 spiro atoms. The molecule has 0 saturated carbocycles. The molecule has 0 bridgehead atoms. The van der Waals surface area contributed by atoms with Gasteiger partial charge >= 0.3 is 0 Å². The van der Waals surface area contributed by atoms with Crippen LogP contribution >= 0.6 is 11.6 Å². The fraction of sp³-hybridized carbons (Fsp3) is 0.231. The lowest BCUT2D eigenvalue weighted by molar-refractivity contribution is 0.425. The van der Waals surface area contributed by atoms with Crippen molar-refractivity contribution in [1.82, 2.24) is 0 Å². The molecule has 0 fully saturated rings. The number of aryl methyl sites for hydroxylation is 2. The average Bonchev–Trinajstić information content (AvgIpc) is 3.26. The molecular formula is C26H25ClN2O2S. The topological polar surface area (TPSA) is 58.2 Å². The van der Waals surface area contributed by atoms with Gasteiger partial charge in [0.25, 0.3) is 10.0 Å². The molecular weight excluding hydrogens is 440 g/mol. The lowest BCUT2D eigenvalue weighted by Gasteiger charge is -2.37. The van der Waals surface area contributed by atoms with Gasteiger partial charge in [-0.05, 0) is 78.8 Å². The standard InChI is InChI=1S/C26H25ClN2O2S/c1-16-5-3-6-17(2)25(16)29-32(30,31)20-13-14-24-23(15-20)21-7-4-8-22(21)26(28-24)18-9-11-19(27)12-10-18/h3-7,9-15,21-22,26,28-29H,8H2,1-2H3/t21-,22-,26+/m0/s1. The summed E-state index contributed by atoms with van der Waals surface area (Å²) in [4.78, 5) is 0.282. The van der Waals surface area contributed by atoms with E-state index in [2.05, 4.69) is 34.3 Å². The number of allylic oxidation sites excluding steroid dienone is 2. The zero-order valence-electron chi connectivity index (χ0n) is 18.0. The quantitative estimate of drug-likeness (QED) is 0.428. The predicted octanol–water partition coefficient (Wildman–Crippen LogP) is 6.58. The van der Waals surface area contributed by atoms with Crippen molar-refractivity contribution in [3.63, 3.8) is 0 Å². The van der Waals surface area contributed by atoms with Crippen molar-refractivity contribution in [3.05, 3.63) is 100 Å². The molecule has 1 aliphatic carbocycles. The average molecular weight is 465 g/mol. The van der Waals surface area contributed by atoms with Crippen LogP contribution in [-0.4, -0.2) is 8.42 Å². The number of para-hydroxylation sites is 1. The monoisotopic (exact) mass is 464 g/mol. The highest BCUT2D eigenvalue weighted by molar-refractivity contribution is 7.92. The summed E-state index contributed by atoms with van der Waals surface area (Å²) < 4.78 is 29.3. The van der Waals surface area contributed by atoms with Crippen molar-refractivity contribution in [2.45, 2.75) is 37.1 Å². The number of nitrogens with one attached hydrogen (secondary N) is 2. The molecule has 1 heterocycles. The van der Waals surface area contributed by atoms with Crippen LogP contribution < -0.4 is 10.0 Å². The molecule has 164 valence electrons. The minimum atomic E-state index is -3.71. The Morgan fingerprint density at radius 2 is 1.72 bits per heavy atom. The minimum Gasteiger partial charge on any atom is -0.378 e. The van der Waals surface area contributed by atoms with Crippen LogP contribution in [0.3, 0.4) is 0 Å². The van der Waals surface area contributed by atoms with Crippen LogP contribution in [0.1, 0.15) is 40.6 Å². The highest BCUT2D eigenvalue weighted by Gasteiger charge is 2.38. The van der Waals surface area contributed by atoms with Gasteiger partial charge in [-0.15, -0.1) is 0 Å². The first-order valence-electron chi connectivity index (χ1n) is 10.7. The van der Waals surface area contributed by atoms with Crippen LogP contribution in [-0.2, 0) is 10.0 Å². The molecule has 0 radical (unpaired) electrons. The fourth-order valence-electron chi connectivity index (χ4n) is 4.91. The Labute approximate surface area is 194 Å². The van der Waals surface area contributed by atoms with Crippen LogP contribution in [0.15, 0.2) is 77.7 Å². The van der Waals surface area contributed by atoms with Gasteiger partial charge in [0.1, 0.15) is 0 Å². The van der Waals surface area contributed by atoms with Gasteiger partial charge < -0.3 is 5.32 Å². The first-order valence-corrected chi connectivity index (χ1v) is 12.6. The predicted molar refractivity (Wildman–Crippen MR) is 131 cm³/mol. The molecule has 3 aromatic rings. The van der Waals surface area contributed by atoms with Crippen molar-refractivity contribution in [1.29, 1.82) is 0 Å². The number of sulfonamides is 1. The number of rotatable bonds is 4. The van der Waals surface area contributed by atoms with Crippen molar-refractivity contribution in [3.8, 4) is 0 Å². The van der Waals surface area contributed by atoms with Gasteiger partial charge in [0.15, 0.2) is 0 Å². The van der Waals surface area contributed by atoms with Crippen LogP contribution in [0.4, 0.5) is 11.4 Å². The third kappa shape index (κ3) is 3.70. The Hall–Kier alpha value is -2.76. The maximum Gasteiger partial charge on any atom is 0.261 e. The van der Waals surface area contributed by atoms with Crippen molar-refractivity contribution in [2.75, 3.05) is 10.0 Å². The summed E-state index contributed by atoms with van der Waals surface area (Å²) in [5.74, 6) is 0.496. The van der Waals surface area contributed by atoms with E-state index < -0.39 is 10.0 Å². The van der Waals surface area contributed by atoms with E-state index in [1.165, 1.54) is 5.56 Å². The summed E-state index contributed by atoms with van der Waals surface area (Å²) in [6.07, 6.45) is 5.36. The third-order valence-electron chi connectivity index (χ3n) is 6.59. The van der Waals surface area contributed by atoms with Gasteiger partial charge in [0, 0.05) is 16.6 Å². The van der Waals surface area contributed by atoms with Gasteiger partial charge in [-0.2, -0.15) is 0 Å². The molecule has 2 N–H and O–H groups in total. The molecule has 0 amide bonds. The van der Waals surface area contributed by atoms with E-state index in [0.29, 0.717) is 11.6 Å². The Morgan fingerprint density at radius 1 is 1.00 bits per heavy atom. The molecule has 0 saturated heterocycles. The normalized spacial score (nSPS) is 21.5. The smallest absolute Gasteiger partial charge is 0.261 e. The molecule has 1 aliphatic heterocycles. The number of fused-ring (bicyclic) bond motifs is 3. The summed E-state index contributed by atoms with van der Waals surface area (Å²) in [6, 6.07) is 19.2. The number of halogens is 1. The largest absolute Gasteiger partial charge is 0.378 e. The summed E-state index contributed by atoms with van der Waals surface area (Å²) in [7, 11) is -3.71. The number of hydrogen-bond acceptors (Lipinski definition) is 3. The van der Waals surface area contributed by atoms with Crippen LogP contribution in [0.2, 0.25) is 5.02 Å². The Morgan fingerprint density at radius 3 is 2.44 bits per heavy atom. The van der Waals surface area contributed by atoms with E-state index in [4.69, 9.17) is 11.6 Å². The highest BCUT2D eigenvalue weighted by Crippen LogP contribution is 2.50. The molecule has 3 aromatic carbocycles. The zero-order valence-corrected chi connectivity index (χ0v) is 19.5. The SMILES string of the molecule is Cc1cccc(C)c1NS(=O)(=O)c1ccc2c(c1)[C@H]1C=CC[C@@H]1[C@@H](c1ccc(Cl)cc1)N2. The Balaban J connectivity index is 1.50. The van der Waals surface area contributed by atoms with E-state index >= 15 is 0 Å². The van der Waals surface area contributed by atoms with Gasteiger partial charge in [-0.25, -0.2) is 8.42 Å². The van der Waals surface area contributed by atoms with E-state index in [9.17, 15) is 8.42 Å². The lowest BCUT2D eigenvalue weighted by atomic mass is 9.77. The third-order valence-corrected chi connectivity index (χ3v) is 8.19. The second-order valence-electron chi connectivity index (χ2n) is 8.65. The van der Waals surface area contributed by atoms with E-state index in [-0.39, 0.29) is 16.9 Å². The molecule has 2 aliphatic rings. The molecule has 32 heavy (non-hydrogen) atoms. The summed E-state index contributed by atoms with van der Waals surface area (Å²) in [6.45, 7) is 3.82. The van der Waals surface area contributed by atoms with Crippen LogP contribution in [0.25, 0.3) is 0 Å². The van der Waals surface area contributed by atoms with E-state index in [1.54, 1.807) is 6.07 Å². The van der Waals surface area contributed by atoms with Crippen LogP contribution in [0.5, 0.6) is 0 Å². The Bertz CT molecular complexity index is 1300.